The minimum atomic E-state index is 0.664. The molecule has 2 nitrogen and oxygen atoms in total. The average molecular weight is 363 g/mol. The summed E-state index contributed by atoms with van der Waals surface area (Å²) in [4.78, 5) is 0. The molecule has 0 atom stereocenters. The first-order chi connectivity index (χ1) is 6.16. The average Bonchev–Trinajstić information content (AvgIpc) is 2.58. The summed E-state index contributed by atoms with van der Waals surface area (Å²) >= 11 is 16.7. The van der Waals surface area contributed by atoms with E-state index in [2.05, 4.69) is 32.8 Å². The zero-order valence-electron chi connectivity index (χ0n) is 5.92. The van der Waals surface area contributed by atoms with Crippen molar-refractivity contribution in [2.24, 2.45) is 0 Å². The normalized spacial score (nSPS) is 10.7. The van der Waals surface area contributed by atoms with Crippen LogP contribution in [0, 0.1) is 3.01 Å². The van der Waals surface area contributed by atoms with Crippen LogP contribution in [0.2, 0.25) is 8.67 Å². The standard InChI is InChI=1S/C6HCl2IN2S2/c7-3-1-2(4(8)12-3)5-10-11-6(9)13-5/h1H. The lowest BCUT2D eigenvalue weighted by Gasteiger charge is -1.87. The Labute approximate surface area is 106 Å². The van der Waals surface area contributed by atoms with Crippen LogP contribution in [0.5, 0.6) is 0 Å². The molecular weight excluding hydrogens is 362 g/mol. The second-order valence-corrected chi connectivity index (χ2v) is 7.11. The van der Waals surface area contributed by atoms with Crippen molar-refractivity contribution in [3.8, 4) is 10.6 Å². The fourth-order valence-corrected chi connectivity index (χ4v) is 3.71. The van der Waals surface area contributed by atoms with Crippen molar-refractivity contribution in [2.75, 3.05) is 0 Å². The minimum absolute atomic E-state index is 0.664. The topological polar surface area (TPSA) is 25.8 Å². The van der Waals surface area contributed by atoms with Crippen molar-refractivity contribution in [2.45, 2.75) is 0 Å². The molecule has 2 aromatic rings. The summed E-state index contributed by atoms with van der Waals surface area (Å²) in [5.74, 6) is 0. The van der Waals surface area contributed by atoms with Gasteiger partial charge in [-0.1, -0.05) is 34.5 Å². The van der Waals surface area contributed by atoms with Crippen molar-refractivity contribution in [1.29, 1.82) is 0 Å². The molecule has 0 radical (unpaired) electrons. The Bertz CT molecular complexity index is 440. The van der Waals surface area contributed by atoms with Crippen LogP contribution in [0.4, 0.5) is 0 Å². The van der Waals surface area contributed by atoms with Gasteiger partial charge in [-0.25, -0.2) is 0 Å². The number of nitrogens with zero attached hydrogens (tertiary/aromatic N) is 2. The van der Waals surface area contributed by atoms with Crippen LogP contribution in [0.25, 0.3) is 10.6 Å². The second-order valence-electron chi connectivity index (χ2n) is 2.10. The molecule has 0 aliphatic rings. The number of aromatic nitrogens is 2. The summed E-state index contributed by atoms with van der Waals surface area (Å²) in [7, 11) is 0. The summed E-state index contributed by atoms with van der Waals surface area (Å²) in [6, 6.07) is 1.81. The fourth-order valence-electron chi connectivity index (χ4n) is 0.800. The highest BCUT2D eigenvalue weighted by Crippen LogP contribution is 2.39. The van der Waals surface area contributed by atoms with E-state index in [9.17, 15) is 0 Å². The number of rotatable bonds is 1. The Kier molecular flexibility index (Phi) is 3.09. The highest BCUT2D eigenvalue weighted by atomic mass is 127. The van der Waals surface area contributed by atoms with E-state index in [0.29, 0.717) is 8.67 Å². The molecule has 2 rings (SSSR count). The Morgan fingerprint density at radius 2 is 2.00 bits per heavy atom. The van der Waals surface area contributed by atoms with Crippen molar-refractivity contribution >= 4 is 68.5 Å². The maximum atomic E-state index is 5.96. The van der Waals surface area contributed by atoms with Crippen LogP contribution in [-0.2, 0) is 0 Å². The first-order valence-corrected chi connectivity index (χ1v) is 6.58. The molecule has 0 aliphatic carbocycles. The van der Waals surface area contributed by atoms with Gasteiger partial charge >= 0.3 is 0 Å². The molecular formula is C6HCl2IN2S2. The Morgan fingerprint density at radius 3 is 2.46 bits per heavy atom. The third kappa shape index (κ3) is 2.15. The van der Waals surface area contributed by atoms with Crippen LogP contribution in [0.3, 0.4) is 0 Å². The van der Waals surface area contributed by atoms with Gasteiger partial charge in [0.05, 0.1) is 4.34 Å². The molecule has 7 heteroatoms. The molecule has 0 saturated carbocycles. The summed E-state index contributed by atoms with van der Waals surface area (Å²) in [5.41, 5.74) is 0.872. The smallest absolute Gasteiger partial charge is 0.137 e. The molecule has 0 aromatic carbocycles. The van der Waals surface area contributed by atoms with Crippen molar-refractivity contribution in [3.63, 3.8) is 0 Å². The molecule has 0 fully saturated rings. The Balaban J connectivity index is 2.51. The van der Waals surface area contributed by atoms with E-state index < -0.39 is 0 Å². The van der Waals surface area contributed by atoms with Gasteiger partial charge < -0.3 is 0 Å². The van der Waals surface area contributed by atoms with Crippen LogP contribution >= 0.6 is 68.5 Å². The van der Waals surface area contributed by atoms with Gasteiger partial charge in [0.15, 0.2) is 8.02 Å². The van der Waals surface area contributed by atoms with E-state index in [1.54, 1.807) is 0 Å². The molecule has 0 aliphatic heterocycles. The third-order valence-corrected chi connectivity index (χ3v) is 4.40. The SMILES string of the molecule is Clc1cc(-c2nnc(I)s2)c(Cl)s1. The largest absolute Gasteiger partial charge is 0.178 e. The molecule has 2 aromatic heterocycles. The highest BCUT2D eigenvalue weighted by Gasteiger charge is 2.12. The van der Waals surface area contributed by atoms with E-state index >= 15 is 0 Å². The molecule has 0 saturated heterocycles. The van der Waals surface area contributed by atoms with E-state index in [-0.39, 0.29) is 0 Å². The fraction of sp³-hybridized carbons (Fsp3) is 0. The maximum Gasteiger partial charge on any atom is 0.178 e. The summed E-state index contributed by atoms with van der Waals surface area (Å²) in [6.45, 7) is 0. The maximum absolute atomic E-state index is 5.96. The zero-order valence-corrected chi connectivity index (χ0v) is 11.2. The third-order valence-electron chi connectivity index (χ3n) is 1.29. The van der Waals surface area contributed by atoms with Gasteiger partial charge in [-0.3, -0.25) is 0 Å². The van der Waals surface area contributed by atoms with Crippen molar-refractivity contribution in [1.82, 2.24) is 10.2 Å². The summed E-state index contributed by atoms with van der Waals surface area (Å²) in [6.07, 6.45) is 0. The molecule has 0 amide bonds. The predicted octanol–water partition coefficient (Wildman–Crippen LogP) is 4.18. The van der Waals surface area contributed by atoms with E-state index in [1.165, 1.54) is 22.7 Å². The van der Waals surface area contributed by atoms with Gasteiger partial charge in [0.25, 0.3) is 0 Å². The van der Waals surface area contributed by atoms with E-state index in [1.807, 2.05) is 6.07 Å². The monoisotopic (exact) mass is 362 g/mol. The molecule has 2 heterocycles. The molecule has 68 valence electrons. The quantitative estimate of drug-likeness (QED) is 0.711. The minimum Gasteiger partial charge on any atom is -0.137 e. The Morgan fingerprint density at radius 1 is 1.23 bits per heavy atom. The van der Waals surface area contributed by atoms with Crippen molar-refractivity contribution in [3.05, 3.63) is 17.8 Å². The summed E-state index contributed by atoms with van der Waals surface area (Å²) in [5, 5.41) is 8.70. The van der Waals surface area contributed by atoms with Crippen LogP contribution in [0.1, 0.15) is 0 Å². The van der Waals surface area contributed by atoms with Gasteiger partial charge in [0.1, 0.15) is 4.34 Å². The lowest BCUT2D eigenvalue weighted by molar-refractivity contribution is 1.07. The van der Waals surface area contributed by atoms with E-state index in [0.717, 1.165) is 13.6 Å². The molecule has 13 heavy (non-hydrogen) atoms. The lowest BCUT2D eigenvalue weighted by Crippen LogP contribution is -1.72. The molecule has 0 unspecified atom stereocenters. The zero-order chi connectivity index (χ0) is 9.42. The lowest BCUT2D eigenvalue weighted by atomic mass is 10.4. The van der Waals surface area contributed by atoms with Gasteiger partial charge in [-0.15, -0.1) is 21.5 Å². The number of hydrogen-bond acceptors (Lipinski definition) is 4. The van der Waals surface area contributed by atoms with Crippen molar-refractivity contribution < 1.29 is 0 Å². The molecule has 0 N–H and O–H groups in total. The van der Waals surface area contributed by atoms with Crippen LogP contribution < -0.4 is 0 Å². The summed E-state index contributed by atoms with van der Waals surface area (Å²) < 4.78 is 2.23. The van der Waals surface area contributed by atoms with E-state index in [4.69, 9.17) is 23.2 Å². The first-order valence-electron chi connectivity index (χ1n) is 3.11. The Hall–Kier alpha value is 0.570. The predicted molar refractivity (Wildman–Crippen MR) is 66.0 cm³/mol. The van der Waals surface area contributed by atoms with Crippen LogP contribution in [-0.4, -0.2) is 10.2 Å². The van der Waals surface area contributed by atoms with Crippen LogP contribution in [0.15, 0.2) is 6.07 Å². The van der Waals surface area contributed by atoms with Gasteiger partial charge in [0, 0.05) is 5.56 Å². The van der Waals surface area contributed by atoms with Gasteiger partial charge in [-0.2, -0.15) is 0 Å². The number of thiophene rings is 1. The molecule has 0 spiro atoms. The van der Waals surface area contributed by atoms with Gasteiger partial charge in [0.2, 0.25) is 0 Å². The second kappa shape index (κ2) is 3.98. The number of halogens is 3. The molecule has 0 bridgehead atoms. The van der Waals surface area contributed by atoms with Gasteiger partial charge in [-0.05, 0) is 28.7 Å². The number of hydrogen-bond donors (Lipinski definition) is 0. The highest BCUT2D eigenvalue weighted by molar-refractivity contribution is 14.1. The first kappa shape index (κ1) is 10.1.